The number of carbonyl (C=O) groups is 1. The molecule has 3 aromatic rings. The van der Waals surface area contributed by atoms with Crippen molar-refractivity contribution in [3.8, 4) is 0 Å². The molecule has 0 bridgehead atoms. The van der Waals surface area contributed by atoms with Crippen molar-refractivity contribution in [3.05, 3.63) is 99.8 Å². The predicted octanol–water partition coefficient (Wildman–Crippen LogP) is 6.42. The van der Waals surface area contributed by atoms with E-state index in [9.17, 15) is 9.18 Å². The fourth-order valence-electron chi connectivity index (χ4n) is 3.66. The Bertz CT molecular complexity index is 993. The van der Waals surface area contributed by atoms with E-state index >= 15 is 0 Å². The largest absolute Gasteiger partial charge is 0.444 e. The van der Waals surface area contributed by atoms with Gasteiger partial charge in [-0.3, -0.25) is 4.90 Å². The molecule has 1 aliphatic heterocycles. The molecular weight excluding hydrogens is 421 g/mol. The third kappa shape index (κ3) is 3.67. The molecule has 1 aliphatic rings. The first-order valence-electron chi connectivity index (χ1n) is 9.17. The van der Waals surface area contributed by atoms with E-state index in [-0.39, 0.29) is 12.4 Å². The van der Waals surface area contributed by atoms with E-state index in [1.54, 1.807) is 23.1 Å². The van der Waals surface area contributed by atoms with Crippen molar-refractivity contribution in [2.45, 2.75) is 25.5 Å². The van der Waals surface area contributed by atoms with Gasteiger partial charge in [0.2, 0.25) is 0 Å². The zero-order valence-electron chi connectivity index (χ0n) is 15.1. The van der Waals surface area contributed by atoms with E-state index in [1.165, 1.54) is 6.07 Å². The molecule has 0 radical (unpaired) electrons. The van der Waals surface area contributed by atoms with Crippen molar-refractivity contribution in [2.75, 3.05) is 4.90 Å². The highest BCUT2D eigenvalue weighted by atomic mass is 79.9. The summed E-state index contributed by atoms with van der Waals surface area (Å²) in [5.41, 5.74) is 3.20. The van der Waals surface area contributed by atoms with Crippen molar-refractivity contribution >= 4 is 27.7 Å². The monoisotopic (exact) mass is 439 g/mol. The van der Waals surface area contributed by atoms with Crippen LogP contribution in [0.25, 0.3) is 0 Å². The van der Waals surface area contributed by atoms with Gasteiger partial charge >= 0.3 is 6.09 Å². The van der Waals surface area contributed by atoms with Gasteiger partial charge < -0.3 is 4.74 Å². The summed E-state index contributed by atoms with van der Waals surface area (Å²) in [6.07, 6.45) is 0.908. The van der Waals surface area contributed by atoms with E-state index in [4.69, 9.17) is 4.74 Å². The normalized spacial score (nSPS) is 15.8. The first-order chi connectivity index (χ1) is 13.6. The van der Waals surface area contributed by atoms with Gasteiger partial charge in [-0.25, -0.2) is 9.18 Å². The number of nitrogens with zero attached hydrogens (tertiary/aromatic N) is 1. The Morgan fingerprint density at radius 1 is 1.04 bits per heavy atom. The summed E-state index contributed by atoms with van der Waals surface area (Å²) in [4.78, 5) is 14.7. The quantitative estimate of drug-likeness (QED) is 0.471. The number of anilines is 1. The lowest BCUT2D eigenvalue weighted by atomic mass is 9.91. The maximum atomic E-state index is 14.5. The predicted molar refractivity (Wildman–Crippen MR) is 111 cm³/mol. The maximum Gasteiger partial charge on any atom is 0.415 e. The molecular formula is C23H19BrFNO2. The van der Waals surface area contributed by atoms with Crippen LogP contribution in [0.4, 0.5) is 14.9 Å². The average Bonchev–Trinajstić information content (AvgIpc) is 2.73. The zero-order chi connectivity index (χ0) is 19.5. The second-order valence-electron chi connectivity index (χ2n) is 6.73. The topological polar surface area (TPSA) is 29.5 Å². The van der Waals surface area contributed by atoms with Gasteiger partial charge in [0.05, 0.1) is 11.7 Å². The summed E-state index contributed by atoms with van der Waals surface area (Å²) < 4.78 is 21.0. The molecule has 1 heterocycles. The number of para-hydroxylation sites is 1. The molecule has 0 saturated carbocycles. The Morgan fingerprint density at radius 2 is 1.79 bits per heavy atom. The lowest BCUT2D eigenvalue weighted by Crippen LogP contribution is -2.39. The number of carbonyl (C=O) groups excluding carboxylic acids is 1. The van der Waals surface area contributed by atoms with E-state index in [2.05, 4.69) is 15.9 Å². The van der Waals surface area contributed by atoms with Crippen molar-refractivity contribution in [3.63, 3.8) is 0 Å². The third-order valence-electron chi connectivity index (χ3n) is 4.98. The summed E-state index contributed by atoms with van der Waals surface area (Å²) in [6, 6.07) is 21.5. The molecule has 142 valence electrons. The Kier molecular flexibility index (Phi) is 5.44. The number of halogens is 2. The molecule has 0 saturated heterocycles. The molecule has 1 unspecified atom stereocenters. The van der Waals surface area contributed by atoms with E-state index < -0.39 is 12.1 Å². The average molecular weight is 440 g/mol. The van der Waals surface area contributed by atoms with Crippen LogP contribution in [0, 0.1) is 5.82 Å². The first-order valence-corrected chi connectivity index (χ1v) is 9.96. The highest BCUT2D eigenvalue weighted by Gasteiger charge is 2.35. The molecule has 0 N–H and O–H groups in total. The minimum absolute atomic E-state index is 0.167. The fourth-order valence-corrected chi connectivity index (χ4v) is 4.25. The second kappa shape index (κ2) is 8.15. The number of hydrogen-bond donors (Lipinski definition) is 0. The SMILES string of the molecule is O=C(OCc1ccccc1)N1c2c(Br)cccc2CCC1c1ccccc1F. The van der Waals surface area contributed by atoms with Gasteiger partial charge in [-0.2, -0.15) is 0 Å². The minimum Gasteiger partial charge on any atom is -0.444 e. The Morgan fingerprint density at radius 3 is 2.57 bits per heavy atom. The number of benzene rings is 3. The first kappa shape index (κ1) is 18.7. The minimum atomic E-state index is -0.482. The van der Waals surface area contributed by atoms with Crippen molar-refractivity contribution in [2.24, 2.45) is 0 Å². The lowest BCUT2D eigenvalue weighted by Gasteiger charge is -2.37. The van der Waals surface area contributed by atoms with Crippen LogP contribution in [0.5, 0.6) is 0 Å². The van der Waals surface area contributed by atoms with Crippen molar-refractivity contribution < 1.29 is 13.9 Å². The van der Waals surface area contributed by atoms with Crippen molar-refractivity contribution in [1.82, 2.24) is 0 Å². The van der Waals surface area contributed by atoms with Crippen LogP contribution in [-0.2, 0) is 17.8 Å². The highest BCUT2D eigenvalue weighted by molar-refractivity contribution is 9.10. The van der Waals surface area contributed by atoms with Gasteiger partial charge in [-0.1, -0.05) is 60.7 Å². The number of hydrogen-bond acceptors (Lipinski definition) is 2. The standard InChI is InChI=1S/C23H19BrFNO2/c24-19-11-6-9-17-13-14-21(18-10-4-5-12-20(18)25)26(22(17)19)23(27)28-15-16-7-2-1-3-8-16/h1-12,21H,13-15H2. The van der Waals surface area contributed by atoms with Gasteiger partial charge in [0.1, 0.15) is 12.4 Å². The van der Waals surface area contributed by atoms with Crippen LogP contribution in [0.2, 0.25) is 0 Å². The molecule has 1 amide bonds. The molecule has 0 spiro atoms. The summed E-state index contributed by atoms with van der Waals surface area (Å²) in [7, 11) is 0. The van der Waals surface area contributed by atoms with Gasteiger partial charge in [0.25, 0.3) is 0 Å². The van der Waals surface area contributed by atoms with Crippen molar-refractivity contribution in [1.29, 1.82) is 0 Å². The highest BCUT2D eigenvalue weighted by Crippen LogP contribution is 2.43. The van der Waals surface area contributed by atoms with E-state index in [0.717, 1.165) is 27.7 Å². The lowest BCUT2D eigenvalue weighted by molar-refractivity contribution is 0.143. The van der Waals surface area contributed by atoms with Gasteiger partial charge in [-0.15, -0.1) is 0 Å². The number of fused-ring (bicyclic) bond motifs is 1. The molecule has 1 atom stereocenters. The number of rotatable bonds is 3. The zero-order valence-corrected chi connectivity index (χ0v) is 16.7. The molecule has 3 aromatic carbocycles. The van der Waals surface area contributed by atoms with Crippen LogP contribution in [0.1, 0.15) is 29.2 Å². The van der Waals surface area contributed by atoms with Crippen LogP contribution in [0.15, 0.2) is 77.3 Å². The van der Waals surface area contributed by atoms with E-state index in [1.807, 2.05) is 48.5 Å². The Labute approximate surface area is 171 Å². The molecule has 0 fully saturated rings. The van der Waals surface area contributed by atoms with Crippen LogP contribution < -0.4 is 4.90 Å². The molecule has 5 heteroatoms. The third-order valence-corrected chi connectivity index (χ3v) is 5.62. The van der Waals surface area contributed by atoms with Crippen LogP contribution in [0.3, 0.4) is 0 Å². The second-order valence-corrected chi connectivity index (χ2v) is 7.59. The number of aryl methyl sites for hydroxylation is 1. The number of amides is 1. The van der Waals surface area contributed by atoms with Gasteiger partial charge in [0.15, 0.2) is 0 Å². The van der Waals surface area contributed by atoms with Gasteiger partial charge in [-0.05, 0) is 52.0 Å². The maximum absolute atomic E-state index is 14.5. The number of ether oxygens (including phenoxy) is 1. The molecule has 28 heavy (non-hydrogen) atoms. The summed E-state index contributed by atoms with van der Waals surface area (Å²) in [5.74, 6) is -0.316. The Hall–Kier alpha value is -2.66. The van der Waals surface area contributed by atoms with Crippen LogP contribution >= 0.6 is 15.9 Å². The van der Waals surface area contributed by atoms with E-state index in [0.29, 0.717) is 12.0 Å². The smallest absolute Gasteiger partial charge is 0.415 e. The Balaban J connectivity index is 1.70. The molecule has 0 aromatic heterocycles. The van der Waals surface area contributed by atoms with Gasteiger partial charge in [0, 0.05) is 10.0 Å². The molecule has 0 aliphatic carbocycles. The summed E-state index contributed by atoms with van der Waals surface area (Å²) in [6.45, 7) is 0.167. The summed E-state index contributed by atoms with van der Waals surface area (Å²) >= 11 is 3.56. The molecule has 3 nitrogen and oxygen atoms in total. The molecule has 4 rings (SSSR count). The fraction of sp³-hybridized carbons (Fsp3) is 0.174. The summed E-state index contributed by atoms with van der Waals surface area (Å²) in [5, 5.41) is 0. The van der Waals surface area contributed by atoms with Crippen LogP contribution in [-0.4, -0.2) is 6.09 Å².